The van der Waals surface area contributed by atoms with Crippen LogP contribution < -0.4 is 4.72 Å². The summed E-state index contributed by atoms with van der Waals surface area (Å²) in [6.07, 6.45) is -2.28. The van der Waals surface area contributed by atoms with Crippen LogP contribution in [0.1, 0.15) is 24.0 Å². The summed E-state index contributed by atoms with van der Waals surface area (Å²) in [5.74, 6) is 0. The quantitative estimate of drug-likeness (QED) is 0.903. The summed E-state index contributed by atoms with van der Waals surface area (Å²) >= 11 is 0. The summed E-state index contributed by atoms with van der Waals surface area (Å²) in [6.45, 7) is 1.22. The molecule has 1 aliphatic rings. The fourth-order valence-corrected chi connectivity index (χ4v) is 3.49. The maximum atomic E-state index is 12.4. The van der Waals surface area contributed by atoms with Gasteiger partial charge in [0.25, 0.3) is 10.2 Å². The van der Waals surface area contributed by atoms with E-state index in [0.717, 1.165) is 25.0 Å². The topological polar surface area (TPSA) is 49.4 Å². The number of rotatable bonds is 5. The number of hydrogen-bond acceptors (Lipinski definition) is 2. The lowest BCUT2D eigenvalue weighted by Gasteiger charge is -2.16. The smallest absolute Gasteiger partial charge is 0.202 e. The molecule has 0 radical (unpaired) electrons. The monoisotopic (exact) mass is 322 g/mol. The minimum atomic E-state index is -4.35. The predicted molar refractivity (Wildman–Crippen MR) is 72.9 cm³/mol. The first-order valence-electron chi connectivity index (χ1n) is 6.70. The number of hydrogen-bond donors (Lipinski definition) is 1. The molecule has 1 aromatic carbocycles. The van der Waals surface area contributed by atoms with Crippen LogP contribution in [0, 0.1) is 0 Å². The minimum absolute atomic E-state index is 0.171. The van der Waals surface area contributed by atoms with Gasteiger partial charge in [-0.15, -0.1) is 0 Å². The van der Waals surface area contributed by atoms with Crippen LogP contribution in [0.25, 0.3) is 0 Å². The van der Waals surface area contributed by atoms with Gasteiger partial charge in [0.05, 0.1) is 5.56 Å². The lowest BCUT2D eigenvalue weighted by Crippen LogP contribution is -2.39. The molecule has 118 valence electrons. The van der Waals surface area contributed by atoms with E-state index in [1.54, 1.807) is 0 Å². The molecule has 0 aromatic heterocycles. The van der Waals surface area contributed by atoms with Crippen LogP contribution in [-0.2, 0) is 22.8 Å². The van der Waals surface area contributed by atoms with Crippen molar-refractivity contribution in [1.82, 2.24) is 9.03 Å². The van der Waals surface area contributed by atoms with E-state index in [4.69, 9.17) is 0 Å². The number of halogens is 3. The summed E-state index contributed by atoms with van der Waals surface area (Å²) in [4.78, 5) is 0. The second-order valence-electron chi connectivity index (χ2n) is 4.95. The molecule has 0 atom stereocenters. The van der Waals surface area contributed by atoms with Crippen molar-refractivity contribution in [1.29, 1.82) is 0 Å². The standard InChI is InChI=1S/C13H17F3N2O2S/c14-13(15,16)12-5-3-11(4-6-12)7-8-17-21(19,20)18-9-1-2-10-18/h3-6,17H,1-2,7-10H2. The Morgan fingerprint density at radius 3 is 2.19 bits per heavy atom. The third-order valence-electron chi connectivity index (χ3n) is 3.38. The molecule has 0 saturated carbocycles. The molecule has 1 N–H and O–H groups in total. The molecular formula is C13H17F3N2O2S. The Morgan fingerprint density at radius 1 is 1.10 bits per heavy atom. The van der Waals surface area contributed by atoms with Gasteiger partial charge in [-0.05, 0) is 37.0 Å². The third kappa shape index (κ3) is 4.42. The molecular weight excluding hydrogens is 305 g/mol. The summed E-state index contributed by atoms with van der Waals surface area (Å²) in [7, 11) is -3.46. The van der Waals surface area contributed by atoms with Crippen LogP contribution in [-0.4, -0.2) is 32.4 Å². The molecule has 0 amide bonds. The Bertz CT molecular complexity index is 564. The van der Waals surface area contributed by atoms with Gasteiger partial charge in [0.15, 0.2) is 0 Å². The van der Waals surface area contributed by atoms with Crippen molar-refractivity contribution >= 4 is 10.2 Å². The highest BCUT2D eigenvalue weighted by Crippen LogP contribution is 2.29. The van der Waals surface area contributed by atoms with Gasteiger partial charge in [-0.2, -0.15) is 25.9 Å². The largest absolute Gasteiger partial charge is 0.416 e. The molecule has 0 spiro atoms. The molecule has 1 fully saturated rings. The number of alkyl halides is 3. The van der Waals surface area contributed by atoms with Crippen molar-refractivity contribution in [2.45, 2.75) is 25.4 Å². The highest BCUT2D eigenvalue weighted by Gasteiger charge is 2.30. The van der Waals surface area contributed by atoms with E-state index in [1.807, 2.05) is 0 Å². The maximum absolute atomic E-state index is 12.4. The second kappa shape index (κ2) is 6.33. The van der Waals surface area contributed by atoms with E-state index >= 15 is 0 Å². The third-order valence-corrected chi connectivity index (χ3v) is 5.00. The molecule has 8 heteroatoms. The van der Waals surface area contributed by atoms with Gasteiger partial charge in [-0.25, -0.2) is 4.72 Å². The Labute approximate surface area is 122 Å². The second-order valence-corrected chi connectivity index (χ2v) is 6.71. The van der Waals surface area contributed by atoms with Gasteiger partial charge >= 0.3 is 6.18 Å². The van der Waals surface area contributed by atoms with Gasteiger partial charge in [0.1, 0.15) is 0 Å². The number of nitrogens with one attached hydrogen (secondary N) is 1. The Morgan fingerprint density at radius 2 is 1.67 bits per heavy atom. The van der Waals surface area contributed by atoms with Crippen molar-refractivity contribution in [2.75, 3.05) is 19.6 Å². The van der Waals surface area contributed by atoms with E-state index in [-0.39, 0.29) is 6.54 Å². The Hall–Kier alpha value is -1.12. The van der Waals surface area contributed by atoms with Gasteiger partial charge < -0.3 is 0 Å². The average Bonchev–Trinajstić information content (AvgIpc) is 2.92. The summed E-state index contributed by atoms with van der Waals surface area (Å²) in [5.41, 5.74) is -0.0454. The van der Waals surface area contributed by atoms with Crippen molar-refractivity contribution in [3.63, 3.8) is 0 Å². The van der Waals surface area contributed by atoms with Crippen LogP contribution >= 0.6 is 0 Å². The lowest BCUT2D eigenvalue weighted by molar-refractivity contribution is -0.137. The molecule has 1 aromatic rings. The molecule has 0 unspecified atom stereocenters. The first kappa shape index (κ1) is 16.3. The molecule has 21 heavy (non-hydrogen) atoms. The van der Waals surface area contributed by atoms with E-state index < -0.39 is 21.9 Å². The van der Waals surface area contributed by atoms with E-state index in [2.05, 4.69) is 4.72 Å². The average molecular weight is 322 g/mol. The normalized spacial score (nSPS) is 17.3. The summed E-state index contributed by atoms with van der Waals surface area (Å²) < 4.78 is 64.8. The molecule has 4 nitrogen and oxygen atoms in total. The summed E-state index contributed by atoms with van der Waals surface area (Å²) in [5, 5.41) is 0. The zero-order valence-corrected chi connectivity index (χ0v) is 12.2. The van der Waals surface area contributed by atoms with Crippen LogP contribution in [0.4, 0.5) is 13.2 Å². The van der Waals surface area contributed by atoms with Crippen LogP contribution in [0.15, 0.2) is 24.3 Å². The molecule has 1 heterocycles. The molecule has 2 rings (SSSR count). The fourth-order valence-electron chi connectivity index (χ4n) is 2.20. The molecule has 0 aliphatic carbocycles. The number of nitrogens with zero attached hydrogens (tertiary/aromatic N) is 1. The van der Waals surface area contributed by atoms with Gasteiger partial charge in [-0.3, -0.25) is 0 Å². The molecule has 1 aliphatic heterocycles. The van der Waals surface area contributed by atoms with Crippen LogP contribution in [0.5, 0.6) is 0 Å². The van der Waals surface area contributed by atoms with Crippen molar-refractivity contribution < 1.29 is 21.6 Å². The van der Waals surface area contributed by atoms with E-state index in [0.29, 0.717) is 25.1 Å². The fraction of sp³-hybridized carbons (Fsp3) is 0.538. The minimum Gasteiger partial charge on any atom is -0.202 e. The molecule has 1 saturated heterocycles. The van der Waals surface area contributed by atoms with Crippen LogP contribution in [0.2, 0.25) is 0 Å². The molecule has 0 bridgehead atoms. The SMILES string of the molecule is O=S(=O)(NCCc1ccc(C(F)(F)F)cc1)N1CCCC1. The van der Waals surface area contributed by atoms with E-state index in [1.165, 1.54) is 16.4 Å². The zero-order valence-electron chi connectivity index (χ0n) is 11.4. The summed E-state index contributed by atoms with van der Waals surface area (Å²) in [6, 6.07) is 4.74. The van der Waals surface area contributed by atoms with Crippen molar-refractivity contribution in [3.05, 3.63) is 35.4 Å². The maximum Gasteiger partial charge on any atom is 0.416 e. The first-order chi connectivity index (χ1) is 9.79. The first-order valence-corrected chi connectivity index (χ1v) is 8.14. The zero-order chi connectivity index (χ0) is 15.5. The van der Waals surface area contributed by atoms with E-state index in [9.17, 15) is 21.6 Å². The van der Waals surface area contributed by atoms with Crippen molar-refractivity contribution in [2.24, 2.45) is 0 Å². The Kier molecular flexibility index (Phi) is 4.90. The van der Waals surface area contributed by atoms with Gasteiger partial charge in [-0.1, -0.05) is 12.1 Å². The highest BCUT2D eigenvalue weighted by molar-refractivity contribution is 7.87. The van der Waals surface area contributed by atoms with Gasteiger partial charge in [0, 0.05) is 19.6 Å². The van der Waals surface area contributed by atoms with Gasteiger partial charge in [0.2, 0.25) is 0 Å². The van der Waals surface area contributed by atoms with Crippen LogP contribution in [0.3, 0.4) is 0 Å². The highest BCUT2D eigenvalue weighted by atomic mass is 32.2. The predicted octanol–water partition coefficient (Wildman–Crippen LogP) is 2.18. The lowest BCUT2D eigenvalue weighted by atomic mass is 10.1. The number of benzene rings is 1. The van der Waals surface area contributed by atoms with Crippen molar-refractivity contribution in [3.8, 4) is 0 Å². The Balaban J connectivity index is 1.86.